The largest absolute Gasteiger partial charge is 0.489 e. The Labute approximate surface area is 183 Å². The molecule has 0 atom stereocenters. The molecular formula is C22H18F6O3S. The highest BCUT2D eigenvalue weighted by Gasteiger charge is 2.72. The Morgan fingerprint density at radius 3 is 2.09 bits per heavy atom. The third kappa shape index (κ3) is 4.48. The Kier molecular flexibility index (Phi) is 6.60. The zero-order valence-corrected chi connectivity index (χ0v) is 17.4. The average Bonchev–Trinajstić information content (AvgIpc) is 3.19. The van der Waals surface area contributed by atoms with Gasteiger partial charge in [0.05, 0.1) is 6.61 Å². The number of thiophene rings is 1. The second-order valence-corrected chi connectivity index (χ2v) is 8.02. The summed E-state index contributed by atoms with van der Waals surface area (Å²) in [4.78, 5) is 0.129. The molecule has 172 valence electrons. The molecule has 0 saturated carbocycles. The molecule has 3 nitrogen and oxygen atoms in total. The van der Waals surface area contributed by atoms with Gasteiger partial charge in [0.2, 0.25) is 0 Å². The number of hydrogen-bond donors (Lipinski definition) is 2. The van der Waals surface area contributed by atoms with Crippen LogP contribution < -0.4 is 4.74 Å². The van der Waals surface area contributed by atoms with Gasteiger partial charge in [-0.25, -0.2) is 0 Å². The van der Waals surface area contributed by atoms with Crippen molar-refractivity contribution >= 4 is 11.3 Å². The molecule has 3 rings (SSSR count). The summed E-state index contributed by atoms with van der Waals surface area (Å²) in [6.45, 7) is 0.989. The molecule has 0 bridgehead atoms. The summed E-state index contributed by atoms with van der Waals surface area (Å²) in [5.41, 5.74) is -5.74. The monoisotopic (exact) mass is 476 g/mol. The van der Waals surface area contributed by atoms with Crippen LogP contribution in [0.25, 0.3) is 10.4 Å². The number of benzene rings is 2. The van der Waals surface area contributed by atoms with E-state index < -0.39 is 23.5 Å². The van der Waals surface area contributed by atoms with E-state index in [2.05, 4.69) is 0 Å². The van der Waals surface area contributed by atoms with Crippen molar-refractivity contribution in [1.29, 1.82) is 0 Å². The minimum atomic E-state index is -5.98. The second-order valence-electron chi connectivity index (χ2n) is 7.11. The van der Waals surface area contributed by atoms with Gasteiger partial charge in [-0.15, -0.1) is 11.3 Å². The number of aryl methyl sites for hydroxylation is 1. The highest BCUT2D eigenvalue weighted by atomic mass is 32.1. The maximum Gasteiger partial charge on any atom is 0.430 e. The molecule has 2 aromatic carbocycles. The van der Waals surface area contributed by atoms with Gasteiger partial charge in [0.1, 0.15) is 12.4 Å². The van der Waals surface area contributed by atoms with E-state index in [9.17, 15) is 31.4 Å². The summed E-state index contributed by atoms with van der Waals surface area (Å²) in [5.74, 6) is 0.481. The summed E-state index contributed by atoms with van der Waals surface area (Å²) < 4.78 is 86.7. The Bertz CT molecular complexity index is 1060. The first-order chi connectivity index (χ1) is 14.9. The van der Waals surface area contributed by atoms with Gasteiger partial charge in [-0.3, -0.25) is 0 Å². The van der Waals surface area contributed by atoms with Crippen molar-refractivity contribution in [3.8, 4) is 16.2 Å². The molecule has 2 N–H and O–H groups in total. The van der Waals surface area contributed by atoms with E-state index in [-0.39, 0.29) is 29.2 Å². The fourth-order valence-electron chi connectivity index (χ4n) is 3.25. The van der Waals surface area contributed by atoms with Gasteiger partial charge in [0.25, 0.3) is 5.60 Å². The summed E-state index contributed by atoms with van der Waals surface area (Å²) in [6, 6.07) is 11.5. The van der Waals surface area contributed by atoms with E-state index in [1.807, 2.05) is 0 Å². The first kappa shape index (κ1) is 24.1. The van der Waals surface area contributed by atoms with Crippen LogP contribution in [0.1, 0.15) is 22.3 Å². The number of aliphatic hydroxyl groups excluding tert-OH is 1. The maximum atomic E-state index is 13.5. The van der Waals surface area contributed by atoms with Gasteiger partial charge in [-0.05, 0) is 47.2 Å². The molecule has 0 spiro atoms. The van der Waals surface area contributed by atoms with Gasteiger partial charge in [0.15, 0.2) is 0 Å². The zero-order chi connectivity index (χ0) is 23.7. The molecule has 1 heterocycles. The van der Waals surface area contributed by atoms with Crippen molar-refractivity contribution in [3.05, 3.63) is 76.2 Å². The fraction of sp³-hybridized carbons (Fsp3) is 0.273. The van der Waals surface area contributed by atoms with E-state index in [0.717, 1.165) is 30.4 Å². The van der Waals surface area contributed by atoms with Crippen molar-refractivity contribution in [1.82, 2.24) is 0 Å². The Balaban J connectivity index is 1.96. The summed E-state index contributed by atoms with van der Waals surface area (Å²) in [6.07, 6.45) is -12.0. The van der Waals surface area contributed by atoms with Crippen LogP contribution in [0.15, 0.2) is 53.9 Å². The third-order valence-electron chi connectivity index (χ3n) is 4.89. The highest BCUT2D eigenvalue weighted by molar-refractivity contribution is 7.13. The van der Waals surface area contributed by atoms with Crippen molar-refractivity contribution in [2.75, 3.05) is 0 Å². The number of halogens is 6. The molecule has 3 aromatic rings. The maximum absolute atomic E-state index is 13.5. The molecular weight excluding hydrogens is 458 g/mol. The Morgan fingerprint density at radius 2 is 1.53 bits per heavy atom. The van der Waals surface area contributed by atoms with Crippen LogP contribution in [0.3, 0.4) is 0 Å². The number of alkyl halides is 6. The molecule has 10 heteroatoms. The number of rotatable bonds is 6. The molecule has 32 heavy (non-hydrogen) atoms. The Morgan fingerprint density at radius 1 is 0.906 bits per heavy atom. The third-order valence-corrected chi connectivity index (χ3v) is 5.90. The van der Waals surface area contributed by atoms with Crippen LogP contribution in [0.4, 0.5) is 26.3 Å². The van der Waals surface area contributed by atoms with Gasteiger partial charge in [-0.2, -0.15) is 26.3 Å². The molecule has 0 radical (unpaired) electrons. The second kappa shape index (κ2) is 8.76. The van der Waals surface area contributed by atoms with Crippen molar-refractivity contribution in [3.63, 3.8) is 0 Å². The highest BCUT2D eigenvalue weighted by Crippen LogP contribution is 2.53. The van der Waals surface area contributed by atoms with Crippen LogP contribution >= 0.6 is 11.3 Å². The first-order valence-corrected chi connectivity index (χ1v) is 10.1. The SMILES string of the molecule is Cc1cccc(-c2cc(COc3ccc(CO)cc3)cs2)c1C(O)(C(F)(F)F)C(F)(F)F. The van der Waals surface area contributed by atoms with Gasteiger partial charge in [-0.1, -0.05) is 30.3 Å². The lowest BCUT2D eigenvalue weighted by Gasteiger charge is -2.35. The fourth-order valence-corrected chi connectivity index (χ4v) is 4.18. The number of ether oxygens (including phenoxy) is 1. The molecule has 0 fully saturated rings. The molecule has 0 aliphatic heterocycles. The van der Waals surface area contributed by atoms with Gasteiger partial charge in [0, 0.05) is 16.0 Å². The predicted molar refractivity (Wildman–Crippen MR) is 107 cm³/mol. The van der Waals surface area contributed by atoms with E-state index in [4.69, 9.17) is 9.84 Å². The molecule has 1 aromatic heterocycles. The molecule has 0 unspecified atom stereocenters. The lowest BCUT2D eigenvalue weighted by atomic mass is 9.84. The quantitative estimate of drug-likeness (QED) is 0.423. The van der Waals surface area contributed by atoms with Crippen LogP contribution in [0.5, 0.6) is 5.75 Å². The number of aliphatic hydroxyl groups is 2. The smallest absolute Gasteiger partial charge is 0.430 e. The molecule has 0 aliphatic carbocycles. The van der Waals surface area contributed by atoms with Gasteiger partial charge >= 0.3 is 12.4 Å². The van der Waals surface area contributed by atoms with Crippen LogP contribution in [-0.2, 0) is 18.8 Å². The van der Waals surface area contributed by atoms with Crippen molar-refractivity contribution in [2.45, 2.75) is 38.1 Å². The summed E-state index contributed by atoms with van der Waals surface area (Å²) >= 11 is 0.945. The van der Waals surface area contributed by atoms with E-state index in [1.165, 1.54) is 12.1 Å². The Hall–Kier alpha value is -2.56. The summed E-state index contributed by atoms with van der Waals surface area (Å²) in [7, 11) is 0. The van der Waals surface area contributed by atoms with Crippen LogP contribution in [0.2, 0.25) is 0 Å². The molecule has 0 amide bonds. The minimum absolute atomic E-state index is 0.0267. The number of hydrogen-bond acceptors (Lipinski definition) is 4. The van der Waals surface area contributed by atoms with Crippen molar-refractivity contribution < 1.29 is 41.3 Å². The molecule has 0 saturated heterocycles. The molecule has 0 aliphatic rings. The zero-order valence-electron chi connectivity index (χ0n) is 16.6. The van der Waals surface area contributed by atoms with E-state index in [1.54, 1.807) is 29.6 Å². The van der Waals surface area contributed by atoms with E-state index in [0.29, 0.717) is 16.9 Å². The minimum Gasteiger partial charge on any atom is -0.489 e. The standard InChI is InChI=1S/C22H18F6O3S/c1-13-3-2-4-17(19(13)20(30,21(23,24)25)22(26,27)28)18-9-15(12-32-18)11-31-16-7-5-14(10-29)6-8-16/h2-9,12,29-30H,10-11H2,1H3. The topological polar surface area (TPSA) is 49.7 Å². The van der Waals surface area contributed by atoms with Crippen LogP contribution in [0, 0.1) is 6.92 Å². The normalized spacial score (nSPS) is 12.8. The summed E-state index contributed by atoms with van der Waals surface area (Å²) in [5, 5.41) is 20.6. The van der Waals surface area contributed by atoms with Crippen LogP contribution in [-0.4, -0.2) is 22.6 Å². The van der Waals surface area contributed by atoms with Gasteiger partial charge < -0.3 is 14.9 Å². The van der Waals surface area contributed by atoms with Crippen molar-refractivity contribution in [2.24, 2.45) is 0 Å². The first-order valence-electron chi connectivity index (χ1n) is 9.24. The van der Waals surface area contributed by atoms with E-state index >= 15 is 0 Å². The average molecular weight is 476 g/mol. The predicted octanol–water partition coefficient (Wildman–Crippen LogP) is 6.11. The lowest BCUT2D eigenvalue weighted by molar-refractivity contribution is -0.376. The lowest BCUT2D eigenvalue weighted by Crippen LogP contribution is -2.54.